The van der Waals surface area contributed by atoms with E-state index in [2.05, 4.69) is 10.8 Å². The molecule has 1 N–H and O–H groups in total. The summed E-state index contributed by atoms with van der Waals surface area (Å²) >= 11 is 0. The molecule has 4 atom stereocenters. The van der Waals surface area contributed by atoms with Crippen molar-refractivity contribution in [3.8, 4) is 6.07 Å². The van der Waals surface area contributed by atoms with Gasteiger partial charge < -0.3 is 18.9 Å². The van der Waals surface area contributed by atoms with Crippen molar-refractivity contribution in [3.05, 3.63) is 108 Å². The maximum absolute atomic E-state index is 12.5. The molecule has 0 bridgehead atoms. The first-order valence-electron chi connectivity index (χ1n) is 12.3. The predicted molar refractivity (Wildman–Crippen MR) is 140 cm³/mol. The first kappa shape index (κ1) is 26.5. The molecule has 0 spiro atoms. The van der Waals surface area contributed by atoms with Crippen LogP contribution in [0.1, 0.15) is 30.5 Å². The third kappa shape index (κ3) is 4.76. The lowest BCUT2D eigenvalue weighted by atomic mass is 9.80. The van der Waals surface area contributed by atoms with Crippen molar-refractivity contribution in [3.63, 3.8) is 0 Å². The van der Waals surface area contributed by atoms with Crippen LogP contribution in [-0.4, -0.2) is 51.1 Å². The number of sulfonamides is 1. The Morgan fingerprint density at radius 3 is 1.79 bits per heavy atom. The minimum atomic E-state index is -3.84. The van der Waals surface area contributed by atoms with Crippen LogP contribution in [-0.2, 0) is 34.6 Å². The number of nitrogens with one attached hydrogen (secondary N) is 1. The van der Waals surface area contributed by atoms with E-state index in [4.69, 9.17) is 18.9 Å². The van der Waals surface area contributed by atoms with Gasteiger partial charge in [-0.2, -0.15) is 9.98 Å². The number of rotatable bonds is 8. The molecule has 2 aliphatic rings. The van der Waals surface area contributed by atoms with Crippen LogP contribution in [0.15, 0.2) is 91.0 Å². The Hall–Kier alpha value is -3.10. The van der Waals surface area contributed by atoms with Gasteiger partial charge in [0.15, 0.2) is 17.6 Å². The van der Waals surface area contributed by atoms with Gasteiger partial charge in [0.1, 0.15) is 17.8 Å². The predicted octanol–water partition coefficient (Wildman–Crippen LogP) is 3.68. The van der Waals surface area contributed by atoms with Gasteiger partial charge >= 0.3 is 0 Å². The summed E-state index contributed by atoms with van der Waals surface area (Å²) in [7, 11) is -3.84. The molecule has 0 amide bonds. The summed E-state index contributed by atoms with van der Waals surface area (Å²) in [4.78, 5) is 0. The molecule has 8 nitrogen and oxygen atoms in total. The van der Waals surface area contributed by atoms with Crippen molar-refractivity contribution in [2.75, 3.05) is 12.9 Å². The Morgan fingerprint density at radius 2 is 1.37 bits per heavy atom. The molecule has 5 rings (SSSR count). The van der Waals surface area contributed by atoms with Crippen LogP contribution in [0.4, 0.5) is 0 Å². The molecule has 3 aromatic carbocycles. The normalized spacial score (nSPS) is 26.5. The molecule has 3 aromatic rings. The van der Waals surface area contributed by atoms with Gasteiger partial charge in [-0.05, 0) is 30.5 Å². The van der Waals surface area contributed by atoms with E-state index in [0.29, 0.717) is 0 Å². The fourth-order valence-corrected chi connectivity index (χ4v) is 6.23. The summed E-state index contributed by atoms with van der Waals surface area (Å²) in [6, 6.07) is 31.4. The minimum Gasteiger partial charge on any atom is -0.358 e. The topological polar surface area (TPSA) is 107 Å². The van der Waals surface area contributed by atoms with Crippen LogP contribution in [0.2, 0.25) is 0 Å². The largest absolute Gasteiger partial charge is 0.358 e. The number of fused-ring (bicyclic) bond motifs is 1. The maximum atomic E-state index is 12.5. The lowest BCUT2D eigenvalue weighted by molar-refractivity contribution is -0.217. The molecule has 2 saturated heterocycles. The van der Waals surface area contributed by atoms with E-state index in [0.717, 1.165) is 22.9 Å². The van der Waals surface area contributed by atoms with E-state index in [1.165, 1.54) is 0 Å². The number of nitrogens with zero attached hydrogens (tertiary/aromatic N) is 1. The fraction of sp³-hybridized carbons (Fsp3) is 0.345. The molecule has 2 aliphatic heterocycles. The fourth-order valence-electron chi connectivity index (χ4n) is 5.32. The molecule has 2 fully saturated rings. The first-order chi connectivity index (χ1) is 18.1. The second-order valence-electron chi connectivity index (χ2n) is 9.99. The second kappa shape index (κ2) is 9.89. The first-order valence-corrected chi connectivity index (χ1v) is 14.2. The van der Waals surface area contributed by atoms with Crippen LogP contribution in [0.25, 0.3) is 0 Å². The highest BCUT2D eigenvalue weighted by atomic mass is 32.2. The molecule has 38 heavy (non-hydrogen) atoms. The number of hydrogen-bond acceptors (Lipinski definition) is 7. The van der Waals surface area contributed by atoms with E-state index in [-0.39, 0.29) is 6.61 Å². The summed E-state index contributed by atoms with van der Waals surface area (Å²) in [6.07, 6.45) is -1.98. The smallest absolute Gasteiger partial charge is 0.210 e. The van der Waals surface area contributed by atoms with Crippen LogP contribution >= 0.6 is 0 Å². The van der Waals surface area contributed by atoms with Gasteiger partial charge in [0.25, 0.3) is 0 Å². The molecule has 0 aliphatic carbocycles. The van der Waals surface area contributed by atoms with E-state index < -0.39 is 45.4 Å². The highest BCUT2D eigenvalue weighted by Gasteiger charge is 2.66. The second-order valence-corrected chi connectivity index (χ2v) is 11.7. The standard InChI is InChI=1S/C29H30N2O6S/c1-27(2)36-25-26(37-27)35-24(28(25,20-30)31-38(3,32)33)19-34-29(21-13-7-4-8-14-21,22-15-9-5-10-16-22)23-17-11-6-12-18-23/h4-18,24-26,31H,19H2,1-3H3/t24-,25+,26-,28-/m1/s1. The number of hydrogen-bond donors (Lipinski definition) is 1. The molecular weight excluding hydrogens is 504 g/mol. The zero-order chi connectivity index (χ0) is 27.0. The molecule has 0 unspecified atom stereocenters. The number of nitriles is 1. The number of ether oxygens (including phenoxy) is 4. The van der Waals surface area contributed by atoms with Gasteiger partial charge in [-0.15, -0.1) is 0 Å². The zero-order valence-electron chi connectivity index (χ0n) is 21.4. The maximum Gasteiger partial charge on any atom is 0.210 e. The van der Waals surface area contributed by atoms with Gasteiger partial charge in [-0.25, -0.2) is 8.42 Å². The Morgan fingerprint density at radius 1 is 0.895 bits per heavy atom. The molecular formula is C29H30N2O6S. The van der Waals surface area contributed by atoms with E-state index in [9.17, 15) is 13.7 Å². The van der Waals surface area contributed by atoms with Crippen molar-refractivity contribution < 1.29 is 27.4 Å². The van der Waals surface area contributed by atoms with Crippen LogP contribution < -0.4 is 4.72 Å². The highest BCUT2D eigenvalue weighted by Crippen LogP contribution is 2.46. The number of benzene rings is 3. The Kier molecular flexibility index (Phi) is 6.90. The van der Waals surface area contributed by atoms with E-state index >= 15 is 0 Å². The van der Waals surface area contributed by atoms with Gasteiger partial charge in [0.05, 0.1) is 18.9 Å². The van der Waals surface area contributed by atoms with E-state index in [1.54, 1.807) is 13.8 Å². The average Bonchev–Trinajstić information content (AvgIpc) is 3.35. The third-order valence-corrected chi connectivity index (χ3v) is 7.55. The summed E-state index contributed by atoms with van der Waals surface area (Å²) in [5.41, 5.74) is -0.270. The van der Waals surface area contributed by atoms with Crippen LogP contribution in [0.3, 0.4) is 0 Å². The summed E-state index contributed by atoms with van der Waals surface area (Å²) in [5, 5.41) is 10.4. The van der Waals surface area contributed by atoms with Crippen LogP contribution in [0.5, 0.6) is 0 Å². The van der Waals surface area contributed by atoms with Gasteiger partial charge in [-0.1, -0.05) is 91.0 Å². The molecule has 9 heteroatoms. The zero-order valence-corrected chi connectivity index (χ0v) is 22.2. The van der Waals surface area contributed by atoms with E-state index in [1.807, 2.05) is 91.0 Å². The Bertz CT molecular complexity index is 1310. The summed E-state index contributed by atoms with van der Waals surface area (Å²) in [5.74, 6) is -1.05. The molecule has 0 aromatic heterocycles. The minimum absolute atomic E-state index is 0.144. The third-order valence-electron chi connectivity index (χ3n) is 6.84. The van der Waals surface area contributed by atoms with Crippen molar-refractivity contribution in [1.82, 2.24) is 4.72 Å². The highest BCUT2D eigenvalue weighted by molar-refractivity contribution is 7.88. The Balaban J connectivity index is 1.61. The Labute approximate surface area is 223 Å². The molecule has 0 radical (unpaired) electrons. The molecule has 0 saturated carbocycles. The lowest BCUT2D eigenvalue weighted by Crippen LogP contribution is -2.61. The van der Waals surface area contributed by atoms with Crippen molar-refractivity contribution in [2.24, 2.45) is 0 Å². The van der Waals surface area contributed by atoms with Crippen molar-refractivity contribution in [1.29, 1.82) is 5.26 Å². The van der Waals surface area contributed by atoms with Crippen molar-refractivity contribution >= 4 is 10.0 Å². The monoisotopic (exact) mass is 534 g/mol. The lowest BCUT2D eigenvalue weighted by Gasteiger charge is -2.38. The van der Waals surface area contributed by atoms with Crippen LogP contribution in [0, 0.1) is 11.3 Å². The van der Waals surface area contributed by atoms with Gasteiger partial charge in [0.2, 0.25) is 10.0 Å². The van der Waals surface area contributed by atoms with Gasteiger partial charge in [-0.3, -0.25) is 0 Å². The van der Waals surface area contributed by atoms with Gasteiger partial charge in [0, 0.05) is 0 Å². The summed E-state index contributed by atoms with van der Waals surface area (Å²) < 4.78 is 52.3. The quantitative estimate of drug-likeness (QED) is 0.440. The average molecular weight is 535 g/mol. The molecule has 2 heterocycles. The molecule has 198 valence electrons. The summed E-state index contributed by atoms with van der Waals surface area (Å²) in [6.45, 7) is 3.23. The SMILES string of the molecule is CC1(C)O[C@H]2O[C@H](COC(c3ccccc3)(c3ccccc3)c3ccccc3)[C@@](C#N)(NS(C)(=O)=O)[C@H]2O1. The van der Waals surface area contributed by atoms with Crippen molar-refractivity contribution in [2.45, 2.75) is 49.3 Å².